The fourth-order valence-corrected chi connectivity index (χ4v) is 1.67. The standard InChI is InChI=1S/C13H15NO/c1-2-9-15-12-8-4-6-10-5-3-7-11(14)13(10)12/h3-8H,2,9,14H2,1H3. The number of anilines is 1. The maximum Gasteiger partial charge on any atom is 0.129 e. The Kier molecular flexibility index (Phi) is 2.77. The van der Waals surface area contributed by atoms with E-state index in [9.17, 15) is 0 Å². The normalized spacial score (nSPS) is 10.5. The quantitative estimate of drug-likeness (QED) is 0.774. The molecule has 0 saturated heterocycles. The van der Waals surface area contributed by atoms with Crippen molar-refractivity contribution in [3.05, 3.63) is 36.4 Å². The number of benzene rings is 2. The van der Waals surface area contributed by atoms with Gasteiger partial charge in [0.2, 0.25) is 0 Å². The van der Waals surface area contributed by atoms with Crippen molar-refractivity contribution in [2.24, 2.45) is 0 Å². The number of hydrogen-bond donors (Lipinski definition) is 1. The molecule has 0 fully saturated rings. The first-order valence-corrected chi connectivity index (χ1v) is 5.23. The highest BCUT2D eigenvalue weighted by molar-refractivity contribution is 5.97. The summed E-state index contributed by atoms with van der Waals surface area (Å²) in [5, 5.41) is 2.15. The molecule has 2 aromatic carbocycles. The molecule has 2 rings (SSSR count). The van der Waals surface area contributed by atoms with Gasteiger partial charge < -0.3 is 10.5 Å². The van der Waals surface area contributed by atoms with Crippen LogP contribution >= 0.6 is 0 Å². The topological polar surface area (TPSA) is 35.2 Å². The summed E-state index contributed by atoms with van der Waals surface area (Å²) >= 11 is 0. The van der Waals surface area contributed by atoms with E-state index in [4.69, 9.17) is 10.5 Å². The van der Waals surface area contributed by atoms with Crippen LogP contribution in [0.5, 0.6) is 5.75 Å². The Bertz CT molecular complexity index is 460. The molecule has 2 heteroatoms. The molecule has 0 amide bonds. The summed E-state index contributed by atoms with van der Waals surface area (Å²) < 4.78 is 5.67. The second-order valence-electron chi connectivity index (χ2n) is 3.55. The van der Waals surface area contributed by atoms with Gasteiger partial charge in [-0.2, -0.15) is 0 Å². The molecule has 0 aromatic heterocycles. The van der Waals surface area contributed by atoms with E-state index >= 15 is 0 Å². The van der Waals surface area contributed by atoms with E-state index < -0.39 is 0 Å². The maximum absolute atomic E-state index is 5.95. The summed E-state index contributed by atoms with van der Waals surface area (Å²) in [6.45, 7) is 2.82. The van der Waals surface area contributed by atoms with Crippen LogP contribution in [0.2, 0.25) is 0 Å². The first-order chi connectivity index (χ1) is 7.33. The van der Waals surface area contributed by atoms with Gasteiger partial charge in [-0.1, -0.05) is 31.2 Å². The lowest BCUT2D eigenvalue weighted by molar-refractivity contribution is 0.321. The van der Waals surface area contributed by atoms with Crippen LogP contribution in [0.15, 0.2) is 36.4 Å². The van der Waals surface area contributed by atoms with E-state index in [0.29, 0.717) is 0 Å². The van der Waals surface area contributed by atoms with Gasteiger partial charge in [0, 0.05) is 11.1 Å². The lowest BCUT2D eigenvalue weighted by Crippen LogP contribution is -1.97. The van der Waals surface area contributed by atoms with E-state index in [0.717, 1.165) is 35.2 Å². The van der Waals surface area contributed by atoms with Gasteiger partial charge in [-0.15, -0.1) is 0 Å². The molecular formula is C13H15NO. The van der Waals surface area contributed by atoms with Gasteiger partial charge in [-0.05, 0) is 23.9 Å². The Morgan fingerprint density at radius 1 is 1.13 bits per heavy atom. The minimum Gasteiger partial charge on any atom is -0.493 e. The van der Waals surface area contributed by atoms with Crippen molar-refractivity contribution in [1.82, 2.24) is 0 Å². The predicted molar refractivity (Wildman–Crippen MR) is 64.1 cm³/mol. The number of fused-ring (bicyclic) bond motifs is 1. The minimum absolute atomic E-state index is 0.730. The molecular weight excluding hydrogens is 186 g/mol. The van der Waals surface area contributed by atoms with Crippen molar-refractivity contribution in [2.45, 2.75) is 13.3 Å². The van der Waals surface area contributed by atoms with Crippen LogP contribution in [-0.2, 0) is 0 Å². The van der Waals surface area contributed by atoms with Gasteiger partial charge >= 0.3 is 0 Å². The molecule has 2 nitrogen and oxygen atoms in total. The van der Waals surface area contributed by atoms with Crippen LogP contribution in [0, 0.1) is 0 Å². The van der Waals surface area contributed by atoms with Crippen LogP contribution in [0.4, 0.5) is 5.69 Å². The molecule has 0 radical (unpaired) electrons. The molecule has 0 unspecified atom stereocenters. The second-order valence-corrected chi connectivity index (χ2v) is 3.55. The molecule has 2 N–H and O–H groups in total. The molecule has 0 bridgehead atoms. The fourth-order valence-electron chi connectivity index (χ4n) is 1.67. The van der Waals surface area contributed by atoms with Crippen molar-refractivity contribution in [3.8, 4) is 5.75 Å². The van der Waals surface area contributed by atoms with E-state index in [2.05, 4.69) is 6.92 Å². The van der Waals surface area contributed by atoms with Gasteiger partial charge in [0.25, 0.3) is 0 Å². The highest BCUT2D eigenvalue weighted by Gasteiger charge is 2.04. The second kappa shape index (κ2) is 4.22. The molecule has 78 valence electrons. The van der Waals surface area contributed by atoms with Crippen molar-refractivity contribution in [2.75, 3.05) is 12.3 Å². The van der Waals surface area contributed by atoms with Gasteiger partial charge in [0.05, 0.1) is 6.61 Å². The molecule has 0 heterocycles. The highest BCUT2D eigenvalue weighted by Crippen LogP contribution is 2.30. The molecule has 0 aliphatic rings. The summed E-state index contributed by atoms with van der Waals surface area (Å²) in [6.07, 6.45) is 1.00. The van der Waals surface area contributed by atoms with Crippen LogP contribution in [-0.4, -0.2) is 6.61 Å². The lowest BCUT2D eigenvalue weighted by atomic mass is 10.1. The van der Waals surface area contributed by atoms with Crippen LogP contribution in [0.3, 0.4) is 0 Å². The summed E-state index contributed by atoms with van der Waals surface area (Å²) in [6, 6.07) is 11.9. The van der Waals surface area contributed by atoms with Gasteiger partial charge in [0.15, 0.2) is 0 Å². The molecule has 0 saturated carbocycles. The lowest BCUT2D eigenvalue weighted by Gasteiger charge is -2.09. The van der Waals surface area contributed by atoms with E-state index in [1.165, 1.54) is 0 Å². The zero-order valence-electron chi connectivity index (χ0n) is 8.86. The van der Waals surface area contributed by atoms with Crippen molar-refractivity contribution in [3.63, 3.8) is 0 Å². The Labute approximate surface area is 89.7 Å². The Morgan fingerprint density at radius 2 is 1.87 bits per heavy atom. The van der Waals surface area contributed by atoms with Gasteiger partial charge in [-0.25, -0.2) is 0 Å². The van der Waals surface area contributed by atoms with Crippen LogP contribution < -0.4 is 10.5 Å². The smallest absolute Gasteiger partial charge is 0.129 e. The van der Waals surface area contributed by atoms with Gasteiger partial charge in [-0.3, -0.25) is 0 Å². The van der Waals surface area contributed by atoms with Crippen LogP contribution in [0.25, 0.3) is 10.8 Å². The van der Waals surface area contributed by atoms with Crippen molar-refractivity contribution in [1.29, 1.82) is 0 Å². The Hall–Kier alpha value is -1.70. The summed E-state index contributed by atoms with van der Waals surface area (Å²) in [7, 11) is 0. The molecule has 0 aliphatic heterocycles. The fraction of sp³-hybridized carbons (Fsp3) is 0.231. The maximum atomic E-state index is 5.95. The SMILES string of the molecule is CCCOc1cccc2cccc(N)c12. The number of nitrogen functional groups attached to an aromatic ring is 1. The Balaban J connectivity index is 2.53. The average molecular weight is 201 g/mol. The minimum atomic E-state index is 0.730. The molecule has 0 aliphatic carbocycles. The number of hydrogen-bond acceptors (Lipinski definition) is 2. The predicted octanol–water partition coefficient (Wildman–Crippen LogP) is 3.21. The van der Waals surface area contributed by atoms with Gasteiger partial charge in [0.1, 0.15) is 5.75 Å². The first kappa shape index (κ1) is 9.84. The zero-order valence-corrected chi connectivity index (χ0v) is 8.86. The number of ether oxygens (including phenoxy) is 1. The van der Waals surface area contributed by atoms with E-state index in [1.807, 2.05) is 36.4 Å². The van der Waals surface area contributed by atoms with Crippen molar-refractivity contribution >= 4 is 16.5 Å². The molecule has 0 spiro atoms. The highest BCUT2D eigenvalue weighted by atomic mass is 16.5. The number of rotatable bonds is 3. The van der Waals surface area contributed by atoms with E-state index in [-0.39, 0.29) is 0 Å². The Morgan fingerprint density at radius 3 is 2.60 bits per heavy atom. The molecule has 2 aromatic rings. The monoisotopic (exact) mass is 201 g/mol. The summed E-state index contributed by atoms with van der Waals surface area (Å²) in [4.78, 5) is 0. The third-order valence-corrected chi connectivity index (χ3v) is 2.36. The molecule has 15 heavy (non-hydrogen) atoms. The third kappa shape index (κ3) is 1.89. The third-order valence-electron chi connectivity index (χ3n) is 2.36. The van der Waals surface area contributed by atoms with Crippen molar-refractivity contribution < 1.29 is 4.74 Å². The summed E-state index contributed by atoms with van der Waals surface area (Å²) in [5.41, 5.74) is 6.73. The molecule has 0 atom stereocenters. The van der Waals surface area contributed by atoms with Crippen LogP contribution in [0.1, 0.15) is 13.3 Å². The number of nitrogens with two attached hydrogens (primary N) is 1. The zero-order chi connectivity index (χ0) is 10.7. The first-order valence-electron chi connectivity index (χ1n) is 5.23. The largest absolute Gasteiger partial charge is 0.493 e. The van der Waals surface area contributed by atoms with E-state index in [1.54, 1.807) is 0 Å². The summed E-state index contributed by atoms with van der Waals surface area (Å²) in [5.74, 6) is 0.882. The average Bonchev–Trinajstić information content (AvgIpc) is 2.26.